The summed E-state index contributed by atoms with van der Waals surface area (Å²) < 4.78 is 5.75. The minimum absolute atomic E-state index is 0.00518. The smallest absolute Gasteiger partial charge is 0.253 e. The van der Waals surface area contributed by atoms with E-state index in [0.717, 1.165) is 5.75 Å². The second kappa shape index (κ2) is 8.04. The molecule has 5 heteroatoms. The molecule has 0 atom stereocenters. The molecule has 0 bridgehead atoms. The van der Waals surface area contributed by atoms with Crippen molar-refractivity contribution >= 4 is 11.8 Å². The number of piperazine rings is 1. The van der Waals surface area contributed by atoms with Gasteiger partial charge in [-0.05, 0) is 36.4 Å². The zero-order valence-electron chi connectivity index (χ0n) is 15.2. The van der Waals surface area contributed by atoms with Crippen molar-refractivity contribution in [3.63, 3.8) is 0 Å². The third kappa shape index (κ3) is 4.23. The Bertz CT molecular complexity index is 749. The van der Waals surface area contributed by atoms with Gasteiger partial charge in [0.1, 0.15) is 11.5 Å². The molecule has 5 nitrogen and oxygen atoms in total. The van der Waals surface area contributed by atoms with E-state index in [1.165, 1.54) is 0 Å². The van der Waals surface area contributed by atoms with Crippen LogP contribution in [-0.2, 0) is 4.79 Å². The van der Waals surface area contributed by atoms with Crippen LogP contribution in [0.25, 0.3) is 0 Å². The van der Waals surface area contributed by atoms with Crippen molar-refractivity contribution in [2.24, 2.45) is 5.92 Å². The van der Waals surface area contributed by atoms with E-state index >= 15 is 0 Å². The lowest BCUT2D eigenvalue weighted by atomic mass is 10.1. The molecule has 2 aromatic rings. The van der Waals surface area contributed by atoms with Crippen LogP contribution in [-0.4, -0.2) is 47.8 Å². The fourth-order valence-corrected chi connectivity index (χ4v) is 2.97. The minimum Gasteiger partial charge on any atom is -0.457 e. The molecule has 1 aliphatic heterocycles. The number of rotatable bonds is 4. The number of hydrogen-bond acceptors (Lipinski definition) is 3. The molecule has 0 spiro atoms. The third-order valence-corrected chi connectivity index (χ3v) is 4.45. The number of amides is 2. The Balaban J connectivity index is 1.58. The summed E-state index contributed by atoms with van der Waals surface area (Å²) in [6.45, 7) is 6.13. The summed E-state index contributed by atoms with van der Waals surface area (Å²) >= 11 is 0. The summed E-state index contributed by atoms with van der Waals surface area (Å²) in [5.41, 5.74) is 0.633. The van der Waals surface area contributed by atoms with Gasteiger partial charge in [-0.3, -0.25) is 9.59 Å². The molecule has 136 valence electrons. The summed E-state index contributed by atoms with van der Waals surface area (Å²) in [6, 6.07) is 16.7. The average molecular weight is 352 g/mol. The normalized spacial score (nSPS) is 14.4. The highest BCUT2D eigenvalue weighted by Gasteiger charge is 2.25. The quantitative estimate of drug-likeness (QED) is 0.847. The van der Waals surface area contributed by atoms with Crippen molar-refractivity contribution in [2.75, 3.05) is 26.2 Å². The Kier molecular flexibility index (Phi) is 5.56. The Hall–Kier alpha value is -2.82. The van der Waals surface area contributed by atoms with Gasteiger partial charge in [0.05, 0.1) is 0 Å². The first-order chi connectivity index (χ1) is 12.5. The molecular weight excluding hydrogens is 328 g/mol. The molecule has 0 saturated carbocycles. The maximum absolute atomic E-state index is 12.7. The molecule has 1 fully saturated rings. The maximum Gasteiger partial charge on any atom is 0.253 e. The van der Waals surface area contributed by atoms with E-state index < -0.39 is 0 Å². The molecule has 3 rings (SSSR count). The van der Waals surface area contributed by atoms with Crippen molar-refractivity contribution < 1.29 is 14.3 Å². The SMILES string of the molecule is CC(C)C(=O)N1CCN(C(=O)c2ccc(Oc3ccccc3)cc2)CC1. The number of benzene rings is 2. The van der Waals surface area contributed by atoms with Crippen LogP contribution in [0.3, 0.4) is 0 Å². The van der Waals surface area contributed by atoms with Gasteiger partial charge < -0.3 is 14.5 Å². The Morgan fingerprint density at radius 1 is 0.808 bits per heavy atom. The van der Waals surface area contributed by atoms with Crippen molar-refractivity contribution in [3.8, 4) is 11.5 Å². The molecule has 0 unspecified atom stereocenters. The standard InChI is InChI=1S/C21H24N2O3/c1-16(2)20(24)22-12-14-23(15-13-22)21(25)17-8-10-19(11-9-17)26-18-6-4-3-5-7-18/h3-11,16H,12-15H2,1-2H3. The second-order valence-corrected chi connectivity index (χ2v) is 6.71. The van der Waals surface area contributed by atoms with E-state index in [2.05, 4.69) is 0 Å². The molecule has 2 aromatic carbocycles. The van der Waals surface area contributed by atoms with Crippen LogP contribution in [0.2, 0.25) is 0 Å². The molecule has 1 saturated heterocycles. The molecule has 0 aromatic heterocycles. The minimum atomic E-state index is -0.00657. The summed E-state index contributed by atoms with van der Waals surface area (Å²) in [5.74, 6) is 1.60. The van der Waals surface area contributed by atoms with E-state index in [0.29, 0.717) is 37.5 Å². The van der Waals surface area contributed by atoms with Crippen molar-refractivity contribution in [1.29, 1.82) is 0 Å². The van der Waals surface area contributed by atoms with E-state index in [1.54, 1.807) is 29.2 Å². The molecule has 0 N–H and O–H groups in total. The van der Waals surface area contributed by atoms with Gasteiger partial charge >= 0.3 is 0 Å². The van der Waals surface area contributed by atoms with Crippen LogP contribution in [0.1, 0.15) is 24.2 Å². The van der Waals surface area contributed by atoms with E-state index in [9.17, 15) is 9.59 Å². The lowest BCUT2D eigenvalue weighted by Crippen LogP contribution is -2.51. The van der Waals surface area contributed by atoms with Gasteiger partial charge in [-0.15, -0.1) is 0 Å². The van der Waals surface area contributed by atoms with E-state index in [4.69, 9.17) is 4.74 Å². The second-order valence-electron chi connectivity index (χ2n) is 6.71. The van der Waals surface area contributed by atoms with Crippen LogP contribution in [0.4, 0.5) is 0 Å². The average Bonchev–Trinajstić information content (AvgIpc) is 2.68. The Morgan fingerprint density at radius 2 is 1.35 bits per heavy atom. The van der Waals surface area contributed by atoms with Gasteiger partial charge in [-0.1, -0.05) is 32.0 Å². The van der Waals surface area contributed by atoms with Gasteiger partial charge in [0, 0.05) is 37.7 Å². The number of para-hydroxylation sites is 1. The van der Waals surface area contributed by atoms with E-state index in [-0.39, 0.29) is 17.7 Å². The first-order valence-electron chi connectivity index (χ1n) is 8.95. The zero-order chi connectivity index (χ0) is 18.5. The van der Waals surface area contributed by atoms with Crippen LogP contribution in [0.15, 0.2) is 54.6 Å². The molecule has 2 amide bonds. The van der Waals surface area contributed by atoms with Crippen molar-refractivity contribution in [1.82, 2.24) is 9.80 Å². The first kappa shape index (κ1) is 18.0. The third-order valence-electron chi connectivity index (χ3n) is 4.45. The highest BCUT2D eigenvalue weighted by molar-refractivity contribution is 5.94. The monoisotopic (exact) mass is 352 g/mol. The summed E-state index contributed by atoms with van der Waals surface area (Å²) in [4.78, 5) is 28.3. The fraction of sp³-hybridized carbons (Fsp3) is 0.333. The highest BCUT2D eigenvalue weighted by atomic mass is 16.5. The highest BCUT2D eigenvalue weighted by Crippen LogP contribution is 2.22. The van der Waals surface area contributed by atoms with Gasteiger partial charge in [-0.25, -0.2) is 0 Å². The van der Waals surface area contributed by atoms with E-state index in [1.807, 2.05) is 49.1 Å². The maximum atomic E-state index is 12.7. The van der Waals surface area contributed by atoms with Crippen LogP contribution in [0.5, 0.6) is 11.5 Å². The summed E-state index contributed by atoms with van der Waals surface area (Å²) in [6.07, 6.45) is 0. The lowest BCUT2D eigenvalue weighted by Gasteiger charge is -2.35. The van der Waals surface area contributed by atoms with Gasteiger partial charge in [0.25, 0.3) is 5.91 Å². The number of hydrogen-bond donors (Lipinski definition) is 0. The summed E-state index contributed by atoms with van der Waals surface area (Å²) in [5, 5.41) is 0. The Labute approximate surface area is 154 Å². The molecule has 0 aliphatic carbocycles. The molecule has 1 heterocycles. The van der Waals surface area contributed by atoms with Crippen LogP contribution < -0.4 is 4.74 Å². The molecular formula is C21H24N2O3. The number of carbonyl (C=O) groups is 2. The predicted molar refractivity (Wildman–Crippen MR) is 100 cm³/mol. The fourth-order valence-electron chi connectivity index (χ4n) is 2.97. The lowest BCUT2D eigenvalue weighted by molar-refractivity contribution is -0.135. The van der Waals surface area contributed by atoms with Gasteiger partial charge in [0.15, 0.2) is 0 Å². The molecule has 1 aliphatic rings. The zero-order valence-corrected chi connectivity index (χ0v) is 15.2. The number of nitrogens with zero attached hydrogens (tertiary/aromatic N) is 2. The number of ether oxygens (including phenoxy) is 1. The van der Waals surface area contributed by atoms with Crippen LogP contribution in [0, 0.1) is 5.92 Å². The van der Waals surface area contributed by atoms with Crippen LogP contribution >= 0.6 is 0 Å². The van der Waals surface area contributed by atoms with Crippen molar-refractivity contribution in [3.05, 3.63) is 60.2 Å². The predicted octanol–water partition coefficient (Wildman–Crippen LogP) is 3.42. The molecule has 0 radical (unpaired) electrons. The van der Waals surface area contributed by atoms with Gasteiger partial charge in [-0.2, -0.15) is 0 Å². The first-order valence-corrected chi connectivity index (χ1v) is 8.95. The number of carbonyl (C=O) groups excluding carboxylic acids is 2. The largest absolute Gasteiger partial charge is 0.457 e. The van der Waals surface area contributed by atoms with Gasteiger partial charge in [0.2, 0.25) is 5.91 Å². The van der Waals surface area contributed by atoms with Crippen molar-refractivity contribution in [2.45, 2.75) is 13.8 Å². The molecule has 26 heavy (non-hydrogen) atoms. The Morgan fingerprint density at radius 3 is 1.92 bits per heavy atom. The topological polar surface area (TPSA) is 49.9 Å². The summed E-state index contributed by atoms with van der Waals surface area (Å²) in [7, 11) is 0.